The Kier molecular flexibility index (Phi) is 9.01. The fourth-order valence-corrected chi connectivity index (χ4v) is 9.08. The van der Waals surface area contributed by atoms with Crippen LogP contribution in [0.4, 0.5) is 0 Å². The number of pyridine rings is 1. The molecular weight excluding hydrogens is 620 g/mol. The van der Waals surface area contributed by atoms with Gasteiger partial charge in [-0.25, -0.2) is 13.4 Å². The zero-order valence-corrected chi connectivity index (χ0v) is 28.5. The average molecular weight is 667 g/mol. The number of ether oxygens (including phenoxy) is 2. The third-order valence-electron chi connectivity index (χ3n) is 10.6. The van der Waals surface area contributed by atoms with Gasteiger partial charge in [-0.3, -0.25) is 19.1 Å². The van der Waals surface area contributed by atoms with Crippen LogP contribution >= 0.6 is 0 Å². The minimum atomic E-state index is -3.92. The van der Waals surface area contributed by atoms with Crippen LogP contribution in [0.5, 0.6) is 11.6 Å². The number of amides is 3. The summed E-state index contributed by atoms with van der Waals surface area (Å²) < 4.78 is 39.6. The number of rotatable bonds is 7. The molecule has 0 unspecified atom stereocenters. The van der Waals surface area contributed by atoms with Gasteiger partial charge in [0.1, 0.15) is 23.4 Å². The molecule has 0 radical (unpaired) electrons. The summed E-state index contributed by atoms with van der Waals surface area (Å²) in [6, 6.07) is 6.55. The molecule has 0 bridgehead atoms. The summed E-state index contributed by atoms with van der Waals surface area (Å²) >= 11 is 0. The van der Waals surface area contributed by atoms with Crippen molar-refractivity contribution in [3.8, 4) is 11.6 Å². The molecule has 12 heteroatoms. The second-order valence-corrected chi connectivity index (χ2v) is 16.2. The molecule has 2 aromatic rings. The van der Waals surface area contributed by atoms with Crippen molar-refractivity contribution in [3.05, 3.63) is 42.6 Å². The fourth-order valence-electron chi connectivity index (χ4n) is 7.42. The Balaban J connectivity index is 1.28. The molecular formula is C35H46N4O7S. The first-order chi connectivity index (χ1) is 22.4. The van der Waals surface area contributed by atoms with Gasteiger partial charge in [-0.1, -0.05) is 32.9 Å². The van der Waals surface area contributed by atoms with Crippen LogP contribution in [0, 0.1) is 17.8 Å². The van der Waals surface area contributed by atoms with E-state index in [0.717, 1.165) is 30.0 Å². The average Bonchev–Trinajstić information content (AvgIpc) is 3.93. The van der Waals surface area contributed by atoms with E-state index in [9.17, 15) is 22.8 Å². The maximum Gasteiger partial charge on any atom is 0.259 e. The molecule has 1 saturated heterocycles. The number of carbonyl (C=O) groups is 3. The van der Waals surface area contributed by atoms with Crippen LogP contribution in [0.2, 0.25) is 0 Å². The van der Waals surface area contributed by atoms with Crippen molar-refractivity contribution in [1.29, 1.82) is 0 Å². The Labute approximate surface area is 276 Å². The standard InChI is InChI=1S/C35H46N4O7S/c1-5-34(13-14-34)47(43,44)38-33(42)35-20-25(35)9-7-6-8-22(2)16-23(3)17-30(40)39-21-27(19-29(39)31(41)37-35)46-32-28-11-10-26(45-4)18-24(28)12-15-36-32/h7,9-12,15,18,22-23,25,27,29H,5-6,8,13-14,16-17,19-21H2,1-4H3,(H,37,41)(H,38,42)/b9-7-/t22-,23+,25+,27+,29-,35+/m0/s1. The summed E-state index contributed by atoms with van der Waals surface area (Å²) in [5.74, 6) is -0.107. The molecule has 3 fully saturated rings. The van der Waals surface area contributed by atoms with Gasteiger partial charge in [-0.05, 0) is 86.4 Å². The number of methoxy groups -OCH3 is 1. The molecule has 1 aromatic carbocycles. The Morgan fingerprint density at radius 1 is 1.15 bits per heavy atom. The molecule has 2 saturated carbocycles. The third kappa shape index (κ3) is 6.58. The van der Waals surface area contributed by atoms with E-state index in [4.69, 9.17) is 9.47 Å². The first kappa shape index (κ1) is 33.2. The van der Waals surface area contributed by atoms with Gasteiger partial charge in [0.2, 0.25) is 27.7 Å². The van der Waals surface area contributed by atoms with Gasteiger partial charge in [0.15, 0.2) is 0 Å². The number of nitrogens with one attached hydrogen (secondary N) is 2. The predicted octanol–water partition coefficient (Wildman–Crippen LogP) is 4.26. The Morgan fingerprint density at radius 2 is 1.94 bits per heavy atom. The van der Waals surface area contributed by atoms with Crippen molar-refractivity contribution in [2.45, 2.75) is 101 Å². The highest BCUT2D eigenvalue weighted by Crippen LogP contribution is 2.49. The molecule has 254 valence electrons. The topological polar surface area (TPSA) is 144 Å². The van der Waals surface area contributed by atoms with E-state index in [1.807, 2.05) is 36.4 Å². The van der Waals surface area contributed by atoms with E-state index >= 15 is 0 Å². The first-order valence-electron chi connectivity index (χ1n) is 16.8. The number of hydrogen-bond acceptors (Lipinski definition) is 8. The smallest absolute Gasteiger partial charge is 0.259 e. The molecule has 3 amide bonds. The zero-order valence-electron chi connectivity index (χ0n) is 27.7. The van der Waals surface area contributed by atoms with Crippen LogP contribution < -0.4 is 19.5 Å². The van der Waals surface area contributed by atoms with Crippen LogP contribution in [0.3, 0.4) is 0 Å². The zero-order chi connectivity index (χ0) is 33.6. The van der Waals surface area contributed by atoms with Crippen LogP contribution in [-0.2, 0) is 24.4 Å². The SMILES string of the molecule is CCC1(S(=O)(=O)NC(=O)[C@@]23C[C@H]2/C=C\CC[C@H](C)C[C@@H](C)CC(=O)N2C[C@H](Oc4nccc5cc(OC)ccc45)C[C@H]2C(=O)N3)CC1. The minimum Gasteiger partial charge on any atom is -0.497 e. The Morgan fingerprint density at radius 3 is 2.66 bits per heavy atom. The number of carbonyl (C=O) groups excluding carboxylic acids is 3. The van der Waals surface area contributed by atoms with Crippen LogP contribution in [0.15, 0.2) is 42.6 Å². The lowest BCUT2D eigenvalue weighted by Gasteiger charge is -2.28. The number of allylic oxidation sites excluding steroid dienone is 1. The van der Waals surface area contributed by atoms with Crippen LogP contribution in [0.25, 0.3) is 10.8 Å². The highest BCUT2D eigenvalue weighted by molar-refractivity contribution is 7.91. The van der Waals surface area contributed by atoms with Gasteiger partial charge in [-0.2, -0.15) is 0 Å². The van der Waals surface area contributed by atoms with E-state index in [1.54, 1.807) is 25.1 Å². The number of hydrogen-bond donors (Lipinski definition) is 2. The minimum absolute atomic E-state index is 0.119. The van der Waals surface area contributed by atoms with Gasteiger partial charge >= 0.3 is 0 Å². The quantitative estimate of drug-likeness (QED) is 0.418. The summed E-state index contributed by atoms with van der Waals surface area (Å²) in [5, 5.41) is 4.60. The molecule has 6 atom stereocenters. The lowest BCUT2D eigenvalue weighted by atomic mass is 9.91. The number of nitrogens with zero attached hydrogens (tertiary/aromatic N) is 2. The molecule has 3 heterocycles. The maximum atomic E-state index is 14.1. The van der Waals surface area contributed by atoms with E-state index in [2.05, 4.69) is 28.9 Å². The van der Waals surface area contributed by atoms with Crippen molar-refractivity contribution < 1.29 is 32.3 Å². The van der Waals surface area contributed by atoms with Crippen molar-refractivity contribution in [1.82, 2.24) is 19.9 Å². The molecule has 2 N–H and O–H groups in total. The predicted molar refractivity (Wildman–Crippen MR) is 177 cm³/mol. The summed E-state index contributed by atoms with van der Waals surface area (Å²) in [7, 11) is -2.32. The summed E-state index contributed by atoms with van der Waals surface area (Å²) in [5.41, 5.74) is -1.41. The molecule has 6 rings (SSSR count). The first-order valence-corrected chi connectivity index (χ1v) is 18.3. The number of sulfonamides is 1. The van der Waals surface area contributed by atoms with E-state index in [-0.39, 0.29) is 43.6 Å². The second-order valence-electron chi connectivity index (χ2n) is 14.1. The normalized spacial score (nSPS) is 31.4. The van der Waals surface area contributed by atoms with E-state index in [0.29, 0.717) is 36.8 Å². The molecule has 0 spiro atoms. The van der Waals surface area contributed by atoms with E-state index in [1.165, 1.54) is 0 Å². The van der Waals surface area contributed by atoms with Crippen LogP contribution in [0.1, 0.15) is 78.6 Å². The molecule has 4 aliphatic rings. The number of fused-ring (bicyclic) bond motifs is 3. The molecule has 2 aliphatic heterocycles. The van der Waals surface area contributed by atoms with Crippen molar-refractivity contribution >= 4 is 38.5 Å². The highest BCUT2D eigenvalue weighted by atomic mass is 32.2. The largest absolute Gasteiger partial charge is 0.497 e. The number of benzene rings is 1. The van der Waals surface area contributed by atoms with Gasteiger partial charge < -0.3 is 19.7 Å². The summed E-state index contributed by atoms with van der Waals surface area (Å²) in [6.45, 7) is 6.23. The maximum absolute atomic E-state index is 14.1. The molecule has 2 aliphatic carbocycles. The van der Waals surface area contributed by atoms with Gasteiger partial charge in [0.25, 0.3) is 5.91 Å². The summed E-state index contributed by atoms with van der Waals surface area (Å²) in [4.78, 5) is 47.7. The number of aromatic nitrogens is 1. The van der Waals surface area contributed by atoms with Gasteiger partial charge in [0, 0.05) is 30.3 Å². The fraction of sp³-hybridized carbons (Fsp3) is 0.600. The third-order valence-corrected chi connectivity index (χ3v) is 12.9. The lowest BCUT2D eigenvalue weighted by Crippen LogP contribution is -2.57. The monoisotopic (exact) mass is 666 g/mol. The van der Waals surface area contributed by atoms with Crippen molar-refractivity contribution in [2.24, 2.45) is 17.8 Å². The van der Waals surface area contributed by atoms with Gasteiger partial charge in [-0.15, -0.1) is 0 Å². The van der Waals surface area contributed by atoms with Crippen molar-refractivity contribution in [2.75, 3.05) is 13.7 Å². The molecule has 11 nitrogen and oxygen atoms in total. The van der Waals surface area contributed by atoms with Crippen molar-refractivity contribution in [3.63, 3.8) is 0 Å². The van der Waals surface area contributed by atoms with Crippen LogP contribution in [-0.4, -0.2) is 72.1 Å². The Bertz CT molecular complexity index is 1690. The summed E-state index contributed by atoms with van der Waals surface area (Å²) in [6.07, 6.45) is 9.86. The lowest BCUT2D eigenvalue weighted by molar-refractivity contribution is -0.140. The highest BCUT2D eigenvalue weighted by Gasteiger charge is 2.63. The molecule has 47 heavy (non-hydrogen) atoms. The Hall–Kier alpha value is -3.67. The second kappa shape index (κ2) is 12.7. The van der Waals surface area contributed by atoms with E-state index < -0.39 is 44.3 Å². The van der Waals surface area contributed by atoms with Gasteiger partial charge in [0.05, 0.1) is 18.4 Å². The molecule has 1 aromatic heterocycles.